The Hall–Kier alpha value is -4.77. The van der Waals surface area contributed by atoms with E-state index in [9.17, 15) is 9.59 Å². The van der Waals surface area contributed by atoms with E-state index >= 15 is 0 Å². The number of alkyl carbamates (subject to hydrolysis) is 1. The fourth-order valence-electron chi connectivity index (χ4n) is 4.19. The zero-order valence-electron chi connectivity index (χ0n) is 21.5. The number of nitrogen functional groups attached to an aromatic ring is 1. The van der Waals surface area contributed by atoms with Crippen molar-refractivity contribution in [2.24, 2.45) is 0 Å². The van der Waals surface area contributed by atoms with Crippen LogP contribution in [0.3, 0.4) is 0 Å². The van der Waals surface area contributed by atoms with Gasteiger partial charge in [0.2, 0.25) is 5.91 Å². The second-order valence-electron chi connectivity index (χ2n) is 9.09. The molecule has 0 saturated carbocycles. The van der Waals surface area contributed by atoms with Gasteiger partial charge in [-0.3, -0.25) is 4.79 Å². The first-order valence-corrected chi connectivity index (χ1v) is 13.1. The van der Waals surface area contributed by atoms with Crippen molar-refractivity contribution in [3.63, 3.8) is 0 Å². The summed E-state index contributed by atoms with van der Waals surface area (Å²) in [6, 6.07) is 17.7. The van der Waals surface area contributed by atoms with Crippen LogP contribution in [0.15, 0.2) is 72.1 Å². The van der Waals surface area contributed by atoms with Crippen molar-refractivity contribution in [2.45, 2.75) is 33.2 Å². The minimum absolute atomic E-state index is 0.269. The lowest BCUT2D eigenvalue weighted by atomic mass is 10.1. The van der Waals surface area contributed by atoms with E-state index in [4.69, 9.17) is 15.5 Å². The number of nitrogens with zero attached hydrogens (tertiary/aromatic N) is 4. The number of pyridine rings is 1. The number of imidazole rings is 1. The Morgan fingerprint density at radius 3 is 2.56 bits per heavy atom. The van der Waals surface area contributed by atoms with Gasteiger partial charge < -0.3 is 25.7 Å². The van der Waals surface area contributed by atoms with E-state index in [0.717, 1.165) is 39.1 Å². The maximum Gasteiger partial charge on any atom is 0.409 e. The molecule has 11 heteroatoms. The third kappa shape index (κ3) is 5.58. The summed E-state index contributed by atoms with van der Waals surface area (Å²) in [5.74, 6) is 0.722. The highest BCUT2D eigenvalue weighted by atomic mass is 32.1. The van der Waals surface area contributed by atoms with Gasteiger partial charge in [-0.1, -0.05) is 49.0 Å². The van der Waals surface area contributed by atoms with Crippen LogP contribution in [-0.2, 0) is 22.6 Å². The first kappa shape index (κ1) is 25.9. The molecule has 0 saturated heterocycles. The summed E-state index contributed by atoms with van der Waals surface area (Å²) in [6.07, 6.45) is -1.42. The molecule has 5 rings (SSSR count). The number of amides is 2. The van der Waals surface area contributed by atoms with E-state index < -0.39 is 12.3 Å². The van der Waals surface area contributed by atoms with Gasteiger partial charge >= 0.3 is 6.09 Å². The summed E-state index contributed by atoms with van der Waals surface area (Å²) >= 11 is 1.36. The van der Waals surface area contributed by atoms with Crippen LogP contribution in [-0.4, -0.2) is 37.1 Å². The minimum Gasteiger partial charge on any atom is -0.426 e. The summed E-state index contributed by atoms with van der Waals surface area (Å²) in [5, 5.41) is 8.11. The molecule has 1 unspecified atom stereocenters. The Labute approximate surface area is 228 Å². The molecule has 1 atom stereocenters. The number of carbonyl (C=O) groups is 2. The molecular weight excluding hydrogens is 514 g/mol. The smallest absolute Gasteiger partial charge is 0.409 e. The molecule has 0 aliphatic carbocycles. The number of rotatable bonds is 8. The molecule has 0 bridgehead atoms. The number of carbonyl (C=O) groups excluding carboxylic acids is 2. The van der Waals surface area contributed by atoms with Gasteiger partial charge in [0.1, 0.15) is 11.2 Å². The minimum atomic E-state index is -0.784. The van der Waals surface area contributed by atoms with Crippen LogP contribution in [0.25, 0.3) is 33.5 Å². The van der Waals surface area contributed by atoms with E-state index in [-0.39, 0.29) is 12.5 Å². The zero-order chi connectivity index (χ0) is 27.5. The van der Waals surface area contributed by atoms with Crippen molar-refractivity contribution >= 4 is 51.3 Å². The molecule has 0 fully saturated rings. The van der Waals surface area contributed by atoms with Crippen molar-refractivity contribution in [3.8, 4) is 11.5 Å². The van der Waals surface area contributed by atoms with Crippen molar-refractivity contribution in [1.82, 2.24) is 29.5 Å². The number of nitrogens with one attached hydrogen (secondary N) is 2. The molecule has 5 aromatic rings. The number of anilines is 1. The summed E-state index contributed by atoms with van der Waals surface area (Å²) in [5.41, 5.74) is 11.7. The predicted molar refractivity (Wildman–Crippen MR) is 152 cm³/mol. The lowest BCUT2D eigenvalue weighted by Gasteiger charge is -2.15. The van der Waals surface area contributed by atoms with Gasteiger partial charge in [-0.2, -0.15) is 4.37 Å². The summed E-state index contributed by atoms with van der Waals surface area (Å²) in [7, 11) is 0. The molecule has 0 aliphatic heterocycles. The second kappa shape index (κ2) is 10.9. The van der Waals surface area contributed by atoms with E-state index in [1.165, 1.54) is 11.5 Å². The fourth-order valence-corrected chi connectivity index (χ4v) is 4.70. The average molecular weight is 542 g/mol. The fraction of sp³-hybridized carbons (Fsp3) is 0.179. The van der Waals surface area contributed by atoms with Crippen LogP contribution in [0.2, 0.25) is 0 Å². The molecule has 4 N–H and O–H groups in total. The lowest BCUT2D eigenvalue weighted by Crippen LogP contribution is -2.39. The molecule has 10 nitrogen and oxygen atoms in total. The molecule has 198 valence electrons. The van der Waals surface area contributed by atoms with E-state index in [0.29, 0.717) is 23.5 Å². The van der Waals surface area contributed by atoms with Gasteiger partial charge in [-0.05, 0) is 48.6 Å². The second-order valence-corrected chi connectivity index (χ2v) is 9.75. The maximum atomic E-state index is 12.1. The number of benzene rings is 2. The largest absolute Gasteiger partial charge is 0.426 e. The van der Waals surface area contributed by atoms with Crippen LogP contribution in [0.1, 0.15) is 25.0 Å². The molecule has 0 aliphatic rings. The molecule has 0 radical (unpaired) electrons. The first-order valence-electron chi connectivity index (χ1n) is 12.2. The summed E-state index contributed by atoms with van der Waals surface area (Å²) in [4.78, 5) is 33.2. The maximum absolute atomic E-state index is 12.1. The number of hydrogen-bond donors (Lipinski definition) is 3. The third-order valence-electron chi connectivity index (χ3n) is 6.08. The van der Waals surface area contributed by atoms with Gasteiger partial charge in [0, 0.05) is 29.4 Å². The molecule has 3 heterocycles. The van der Waals surface area contributed by atoms with E-state index in [1.807, 2.05) is 60.0 Å². The van der Waals surface area contributed by atoms with Crippen molar-refractivity contribution in [3.05, 3.63) is 83.3 Å². The Morgan fingerprint density at radius 1 is 1.10 bits per heavy atom. The number of ether oxygens (including phenoxy) is 1. The average Bonchev–Trinajstić information content (AvgIpc) is 3.57. The normalized spacial score (nSPS) is 11.8. The van der Waals surface area contributed by atoms with Crippen molar-refractivity contribution < 1.29 is 14.3 Å². The number of hydrogen-bond acceptors (Lipinski definition) is 8. The standard InChI is InChI=1S/C28H27N7O3S/c1-16(2)27(36)31-17(3)38-28(37)30-14-18-8-10-19(11-9-18)15-35-24-20-6-4-5-7-21(20)32-25(29)23(24)33-26(35)22-12-13-39-34-22/h4-13,17H,1,14-15H2,2-3H3,(H2,29,32)(H,30,37)(H,31,36). The molecule has 0 spiro atoms. The number of aromatic nitrogens is 4. The highest BCUT2D eigenvalue weighted by molar-refractivity contribution is 7.03. The molecule has 2 amide bonds. The Morgan fingerprint density at radius 2 is 1.85 bits per heavy atom. The van der Waals surface area contributed by atoms with Crippen LogP contribution in [0.5, 0.6) is 0 Å². The van der Waals surface area contributed by atoms with Gasteiger partial charge in [0.15, 0.2) is 17.9 Å². The zero-order valence-corrected chi connectivity index (χ0v) is 22.3. The monoisotopic (exact) mass is 541 g/mol. The van der Waals surface area contributed by atoms with Gasteiger partial charge in [-0.25, -0.2) is 14.8 Å². The van der Waals surface area contributed by atoms with E-state index in [1.54, 1.807) is 13.8 Å². The highest BCUT2D eigenvalue weighted by Crippen LogP contribution is 2.33. The quantitative estimate of drug-likeness (QED) is 0.193. The summed E-state index contributed by atoms with van der Waals surface area (Å²) < 4.78 is 11.8. The van der Waals surface area contributed by atoms with Gasteiger partial charge in [0.25, 0.3) is 0 Å². The van der Waals surface area contributed by atoms with Gasteiger partial charge in [0.05, 0.1) is 11.0 Å². The topological polar surface area (TPSA) is 137 Å². The summed E-state index contributed by atoms with van der Waals surface area (Å²) in [6.45, 7) is 7.51. The molecule has 39 heavy (non-hydrogen) atoms. The molecule has 2 aromatic carbocycles. The van der Waals surface area contributed by atoms with Crippen LogP contribution in [0, 0.1) is 0 Å². The van der Waals surface area contributed by atoms with Crippen molar-refractivity contribution in [2.75, 3.05) is 5.73 Å². The molecular formula is C28H27N7O3S. The Bertz CT molecular complexity index is 1680. The third-order valence-corrected chi connectivity index (χ3v) is 6.64. The highest BCUT2D eigenvalue weighted by Gasteiger charge is 2.20. The van der Waals surface area contributed by atoms with Crippen molar-refractivity contribution in [1.29, 1.82) is 0 Å². The van der Waals surface area contributed by atoms with Crippen LogP contribution in [0.4, 0.5) is 10.6 Å². The first-order chi connectivity index (χ1) is 18.8. The van der Waals surface area contributed by atoms with Crippen LogP contribution >= 0.6 is 11.5 Å². The predicted octanol–water partition coefficient (Wildman–Crippen LogP) is 4.60. The number of nitrogens with two attached hydrogens (primary N) is 1. The Balaban J connectivity index is 1.35. The lowest BCUT2D eigenvalue weighted by molar-refractivity contribution is -0.120. The molecule has 3 aromatic heterocycles. The number of fused-ring (bicyclic) bond motifs is 3. The number of para-hydroxylation sites is 1. The van der Waals surface area contributed by atoms with Gasteiger partial charge in [-0.15, -0.1) is 0 Å². The SMILES string of the molecule is C=C(C)C(=O)NC(C)OC(=O)NCc1ccc(Cn2c(-c3ccsn3)nc3c(N)nc4ccccc4c32)cc1. The van der Waals surface area contributed by atoms with Crippen LogP contribution < -0.4 is 16.4 Å². The van der Waals surface area contributed by atoms with E-state index in [2.05, 4.69) is 31.1 Å². The Kier molecular flexibility index (Phi) is 7.24.